The molecule has 0 radical (unpaired) electrons. The van der Waals surface area contributed by atoms with E-state index in [1.165, 1.54) is 23.7 Å². The van der Waals surface area contributed by atoms with Crippen LogP contribution in [0.5, 0.6) is 5.88 Å². The molecule has 1 aliphatic carbocycles. The molecular weight excluding hydrogens is 344 g/mol. The second-order valence-electron chi connectivity index (χ2n) is 6.72. The Hall–Kier alpha value is -3.22. The summed E-state index contributed by atoms with van der Waals surface area (Å²) in [5.41, 5.74) is 1.37. The summed E-state index contributed by atoms with van der Waals surface area (Å²) < 4.78 is 7.13. The molecule has 3 aromatic rings. The summed E-state index contributed by atoms with van der Waals surface area (Å²) in [6.07, 6.45) is 5.42. The minimum atomic E-state index is -0.189. The third-order valence-corrected chi connectivity index (χ3v) is 4.51. The average Bonchev–Trinajstić information content (AvgIpc) is 3.52. The first kappa shape index (κ1) is 17.2. The first-order valence-electron chi connectivity index (χ1n) is 8.98. The van der Waals surface area contributed by atoms with E-state index in [0.29, 0.717) is 29.2 Å². The van der Waals surface area contributed by atoms with Crippen molar-refractivity contribution in [3.8, 4) is 5.88 Å². The molecule has 1 N–H and O–H groups in total. The normalized spacial score (nSPS) is 13.5. The molecule has 0 saturated heterocycles. The second-order valence-corrected chi connectivity index (χ2v) is 6.72. The van der Waals surface area contributed by atoms with Gasteiger partial charge in [0.05, 0.1) is 18.3 Å². The lowest BCUT2D eigenvalue weighted by molar-refractivity contribution is -0.121. The number of amides is 1. The maximum Gasteiger partial charge on any atom is 0.242 e. The molecule has 0 atom stereocenters. The lowest BCUT2D eigenvalue weighted by Gasteiger charge is -2.10. The van der Waals surface area contributed by atoms with Crippen LogP contribution in [0.1, 0.15) is 18.4 Å². The van der Waals surface area contributed by atoms with Crippen molar-refractivity contribution in [1.82, 2.24) is 20.1 Å². The largest absolute Gasteiger partial charge is 0.477 e. The van der Waals surface area contributed by atoms with Crippen LogP contribution in [0.3, 0.4) is 0 Å². The number of ether oxygens (including phenoxy) is 1. The molecule has 0 bridgehead atoms. The summed E-state index contributed by atoms with van der Waals surface area (Å²) in [6.45, 7) is 1.13. The lowest BCUT2D eigenvalue weighted by Crippen LogP contribution is -2.28. The Balaban J connectivity index is 1.34. The second kappa shape index (κ2) is 7.57. The van der Waals surface area contributed by atoms with Crippen molar-refractivity contribution in [2.45, 2.75) is 25.9 Å². The number of hydrogen-bond acceptors (Lipinski definition) is 5. The van der Waals surface area contributed by atoms with E-state index in [9.17, 15) is 9.59 Å². The number of aromatic nitrogens is 3. The van der Waals surface area contributed by atoms with Crippen molar-refractivity contribution in [2.75, 3.05) is 6.61 Å². The van der Waals surface area contributed by atoms with Gasteiger partial charge >= 0.3 is 0 Å². The topological polar surface area (TPSA) is 86.1 Å². The van der Waals surface area contributed by atoms with Crippen LogP contribution in [0.25, 0.3) is 10.9 Å². The number of benzene rings is 1. The van der Waals surface area contributed by atoms with Gasteiger partial charge in [0.2, 0.25) is 17.2 Å². The number of para-hydroxylation sites is 1. The Kier molecular flexibility index (Phi) is 4.82. The van der Waals surface area contributed by atoms with Gasteiger partial charge in [0.1, 0.15) is 6.54 Å². The molecular formula is C20H20N4O3. The minimum Gasteiger partial charge on any atom is -0.477 e. The molecule has 2 heterocycles. The smallest absolute Gasteiger partial charge is 0.242 e. The number of hydrogen-bond donors (Lipinski definition) is 1. The molecule has 0 unspecified atom stereocenters. The number of nitrogens with zero attached hydrogens (tertiary/aromatic N) is 3. The van der Waals surface area contributed by atoms with Crippen LogP contribution < -0.4 is 15.5 Å². The van der Waals surface area contributed by atoms with E-state index < -0.39 is 0 Å². The van der Waals surface area contributed by atoms with Gasteiger partial charge in [-0.25, -0.2) is 4.98 Å². The first-order valence-corrected chi connectivity index (χ1v) is 8.98. The molecule has 2 aromatic heterocycles. The quantitative estimate of drug-likeness (QED) is 0.692. The van der Waals surface area contributed by atoms with Gasteiger partial charge in [-0.05, 0) is 36.5 Å². The highest BCUT2D eigenvalue weighted by molar-refractivity contribution is 5.81. The van der Waals surface area contributed by atoms with E-state index >= 15 is 0 Å². The maximum atomic E-state index is 12.3. The molecule has 138 valence electrons. The van der Waals surface area contributed by atoms with Gasteiger partial charge in [0.25, 0.3) is 0 Å². The van der Waals surface area contributed by atoms with Crippen molar-refractivity contribution in [1.29, 1.82) is 0 Å². The molecule has 7 nitrogen and oxygen atoms in total. The molecule has 7 heteroatoms. The fourth-order valence-electron chi connectivity index (χ4n) is 2.77. The Labute approximate surface area is 156 Å². The third-order valence-electron chi connectivity index (χ3n) is 4.51. The summed E-state index contributed by atoms with van der Waals surface area (Å²) in [5, 5.41) is 7.46. The summed E-state index contributed by atoms with van der Waals surface area (Å²) in [5.74, 6) is 1.11. The molecule has 4 rings (SSSR count). The lowest BCUT2D eigenvalue weighted by atomic mass is 10.2. The van der Waals surface area contributed by atoms with E-state index in [1.807, 2.05) is 18.2 Å². The van der Waals surface area contributed by atoms with E-state index in [0.717, 1.165) is 12.2 Å². The fourth-order valence-corrected chi connectivity index (χ4v) is 2.77. The minimum absolute atomic E-state index is 0.0385. The fraction of sp³-hybridized carbons (Fsp3) is 0.300. The molecule has 1 aromatic carbocycles. The Morgan fingerprint density at radius 2 is 2.04 bits per heavy atom. The van der Waals surface area contributed by atoms with E-state index in [4.69, 9.17) is 4.74 Å². The van der Waals surface area contributed by atoms with Gasteiger partial charge in [-0.1, -0.05) is 18.2 Å². The number of nitrogens with one attached hydrogen (secondary N) is 1. The highest BCUT2D eigenvalue weighted by Crippen LogP contribution is 2.29. The van der Waals surface area contributed by atoms with Crippen LogP contribution in [0.15, 0.2) is 53.6 Å². The molecule has 1 aliphatic rings. The van der Waals surface area contributed by atoms with Crippen LogP contribution in [0, 0.1) is 5.92 Å². The number of pyridine rings is 1. The molecule has 0 spiro atoms. The van der Waals surface area contributed by atoms with Crippen LogP contribution in [-0.2, 0) is 17.9 Å². The summed E-state index contributed by atoms with van der Waals surface area (Å²) >= 11 is 0. The standard InChI is InChI=1S/C20H20N4O3/c25-18-11-23-24(17-4-2-1-3-16(17)18)12-19(26)21-9-15-7-8-20(22-10-15)27-13-14-5-6-14/h1-4,7-8,10-11,14H,5-6,9,12-13H2,(H,21,26). The Morgan fingerprint density at radius 3 is 2.81 bits per heavy atom. The summed E-state index contributed by atoms with van der Waals surface area (Å²) in [7, 11) is 0. The van der Waals surface area contributed by atoms with Gasteiger partial charge in [-0.3, -0.25) is 14.3 Å². The number of fused-ring (bicyclic) bond motifs is 1. The zero-order valence-corrected chi connectivity index (χ0v) is 14.8. The van der Waals surface area contributed by atoms with Crippen molar-refractivity contribution >= 4 is 16.8 Å². The van der Waals surface area contributed by atoms with E-state index in [2.05, 4.69) is 15.4 Å². The van der Waals surface area contributed by atoms with Gasteiger partial charge in [-0.15, -0.1) is 0 Å². The van der Waals surface area contributed by atoms with Crippen molar-refractivity contribution < 1.29 is 9.53 Å². The van der Waals surface area contributed by atoms with E-state index in [1.54, 1.807) is 24.4 Å². The van der Waals surface area contributed by atoms with E-state index in [-0.39, 0.29) is 17.9 Å². The van der Waals surface area contributed by atoms with Crippen molar-refractivity contribution in [3.05, 3.63) is 64.6 Å². The van der Waals surface area contributed by atoms with Gasteiger partial charge in [-0.2, -0.15) is 5.10 Å². The zero-order chi connectivity index (χ0) is 18.6. The first-order chi connectivity index (χ1) is 13.2. The SMILES string of the molecule is O=C(Cn1ncc(=O)c2ccccc21)NCc1ccc(OCC2CC2)nc1. The maximum absolute atomic E-state index is 12.3. The number of carbonyl (C=O) groups is 1. The number of carbonyl (C=O) groups excluding carboxylic acids is 1. The molecule has 27 heavy (non-hydrogen) atoms. The van der Waals surface area contributed by atoms with Crippen LogP contribution >= 0.6 is 0 Å². The molecule has 1 amide bonds. The van der Waals surface area contributed by atoms with Crippen LogP contribution in [0.4, 0.5) is 0 Å². The predicted molar refractivity (Wildman–Crippen MR) is 100 cm³/mol. The van der Waals surface area contributed by atoms with Gasteiger partial charge in [0, 0.05) is 24.2 Å². The highest BCUT2D eigenvalue weighted by atomic mass is 16.5. The summed E-state index contributed by atoms with van der Waals surface area (Å²) in [4.78, 5) is 28.4. The number of rotatable bonds is 7. The molecule has 1 fully saturated rings. The van der Waals surface area contributed by atoms with Crippen molar-refractivity contribution in [3.63, 3.8) is 0 Å². The zero-order valence-electron chi connectivity index (χ0n) is 14.8. The monoisotopic (exact) mass is 364 g/mol. The summed E-state index contributed by atoms with van der Waals surface area (Å²) in [6, 6.07) is 10.8. The molecule has 0 aliphatic heterocycles. The Bertz CT molecular complexity index is 1010. The van der Waals surface area contributed by atoms with Gasteiger partial charge in [0.15, 0.2) is 0 Å². The van der Waals surface area contributed by atoms with Crippen LogP contribution in [-0.4, -0.2) is 27.3 Å². The van der Waals surface area contributed by atoms with Crippen molar-refractivity contribution in [2.24, 2.45) is 5.92 Å². The average molecular weight is 364 g/mol. The third kappa shape index (κ3) is 4.31. The Morgan fingerprint density at radius 1 is 1.19 bits per heavy atom. The van der Waals surface area contributed by atoms with Crippen LogP contribution in [0.2, 0.25) is 0 Å². The molecule has 1 saturated carbocycles. The van der Waals surface area contributed by atoms with Gasteiger partial charge < -0.3 is 10.1 Å². The predicted octanol–water partition coefficient (Wildman–Crippen LogP) is 1.90. The highest BCUT2D eigenvalue weighted by Gasteiger charge is 2.22.